The predicted molar refractivity (Wildman–Crippen MR) is 71.2 cm³/mol. The van der Waals surface area contributed by atoms with Gasteiger partial charge in [0.2, 0.25) is 0 Å². The zero-order valence-corrected chi connectivity index (χ0v) is 10.7. The molecule has 0 fully saturated rings. The summed E-state index contributed by atoms with van der Waals surface area (Å²) >= 11 is 0. The summed E-state index contributed by atoms with van der Waals surface area (Å²) in [5.41, 5.74) is 2.27. The van der Waals surface area contributed by atoms with Gasteiger partial charge in [0.05, 0.1) is 19.4 Å². The molecule has 0 amide bonds. The maximum absolute atomic E-state index is 5.78. The molecule has 2 aromatic rings. The van der Waals surface area contributed by atoms with Gasteiger partial charge in [-0.3, -0.25) is 5.10 Å². The molecule has 19 heavy (non-hydrogen) atoms. The molecule has 2 N–H and O–H groups in total. The van der Waals surface area contributed by atoms with Crippen LogP contribution in [0.15, 0.2) is 30.6 Å². The number of H-pyrrole nitrogens is 1. The molecule has 1 aromatic carbocycles. The fourth-order valence-electron chi connectivity index (χ4n) is 2.11. The average Bonchev–Trinajstić information content (AvgIpc) is 2.82. The highest BCUT2D eigenvalue weighted by molar-refractivity contribution is 5.47. The van der Waals surface area contributed by atoms with Crippen LogP contribution in [-0.2, 0) is 13.1 Å². The van der Waals surface area contributed by atoms with E-state index in [1.807, 2.05) is 24.5 Å². The van der Waals surface area contributed by atoms with Crippen molar-refractivity contribution in [1.82, 2.24) is 15.5 Å². The molecule has 0 saturated heterocycles. The Bertz CT molecular complexity index is 525. The summed E-state index contributed by atoms with van der Waals surface area (Å²) in [4.78, 5) is 0. The number of fused-ring (bicyclic) bond motifs is 1. The first-order valence-electron chi connectivity index (χ1n) is 6.49. The molecule has 3 rings (SSSR count). The Kier molecular flexibility index (Phi) is 3.65. The third kappa shape index (κ3) is 2.88. The van der Waals surface area contributed by atoms with Crippen LogP contribution < -0.4 is 14.8 Å². The standard InChI is InChI=1S/C14H17N3O2/c1-3-12(10-15-7-11-8-16-17-9-11)14-13(4-1)18-5-2-6-19-14/h1,3-4,8-9,15H,2,5-7,10H2,(H,16,17). The number of aromatic nitrogens is 2. The van der Waals surface area contributed by atoms with E-state index in [9.17, 15) is 0 Å². The van der Waals surface area contributed by atoms with Crippen molar-refractivity contribution in [3.05, 3.63) is 41.7 Å². The van der Waals surface area contributed by atoms with Crippen LogP contribution in [0.2, 0.25) is 0 Å². The number of hydrogen-bond donors (Lipinski definition) is 2. The van der Waals surface area contributed by atoms with E-state index in [-0.39, 0.29) is 0 Å². The van der Waals surface area contributed by atoms with E-state index in [4.69, 9.17) is 9.47 Å². The van der Waals surface area contributed by atoms with E-state index < -0.39 is 0 Å². The Labute approximate surface area is 111 Å². The molecular formula is C14H17N3O2. The van der Waals surface area contributed by atoms with Gasteiger partial charge in [0.25, 0.3) is 0 Å². The van der Waals surface area contributed by atoms with E-state index in [0.29, 0.717) is 6.61 Å². The van der Waals surface area contributed by atoms with Gasteiger partial charge < -0.3 is 14.8 Å². The topological polar surface area (TPSA) is 59.2 Å². The minimum absolute atomic E-state index is 0.714. The molecule has 0 unspecified atom stereocenters. The molecule has 0 spiro atoms. The molecule has 0 atom stereocenters. The highest BCUT2D eigenvalue weighted by atomic mass is 16.5. The van der Waals surface area contributed by atoms with Crippen LogP contribution in [0.4, 0.5) is 0 Å². The summed E-state index contributed by atoms with van der Waals surface area (Å²) in [6.07, 6.45) is 4.63. The fraction of sp³-hybridized carbons (Fsp3) is 0.357. The maximum Gasteiger partial charge on any atom is 0.165 e. The van der Waals surface area contributed by atoms with Crippen LogP contribution in [0, 0.1) is 0 Å². The first-order chi connectivity index (χ1) is 9.43. The maximum atomic E-state index is 5.78. The third-order valence-corrected chi connectivity index (χ3v) is 3.05. The number of hydrogen-bond acceptors (Lipinski definition) is 4. The number of nitrogens with one attached hydrogen (secondary N) is 2. The van der Waals surface area contributed by atoms with Crippen molar-refractivity contribution in [2.24, 2.45) is 0 Å². The van der Waals surface area contributed by atoms with E-state index in [0.717, 1.165) is 48.7 Å². The summed E-state index contributed by atoms with van der Waals surface area (Å²) < 4.78 is 11.5. The van der Waals surface area contributed by atoms with Crippen LogP contribution in [0.3, 0.4) is 0 Å². The first kappa shape index (κ1) is 12.0. The van der Waals surface area contributed by atoms with E-state index >= 15 is 0 Å². The lowest BCUT2D eigenvalue weighted by molar-refractivity contribution is 0.296. The van der Waals surface area contributed by atoms with E-state index in [1.54, 1.807) is 0 Å². The summed E-state index contributed by atoms with van der Waals surface area (Å²) in [5, 5.41) is 10.1. The highest BCUT2D eigenvalue weighted by Crippen LogP contribution is 2.33. The second kappa shape index (κ2) is 5.75. The van der Waals surface area contributed by atoms with Crippen molar-refractivity contribution >= 4 is 0 Å². The lowest BCUT2D eigenvalue weighted by atomic mass is 10.2. The zero-order valence-electron chi connectivity index (χ0n) is 10.7. The van der Waals surface area contributed by atoms with Gasteiger partial charge in [-0.05, 0) is 6.07 Å². The van der Waals surface area contributed by atoms with Gasteiger partial charge in [0.15, 0.2) is 11.5 Å². The van der Waals surface area contributed by atoms with Crippen molar-refractivity contribution in [2.75, 3.05) is 13.2 Å². The Morgan fingerprint density at radius 1 is 1.21 bits per heavy atom. The van der Waals surface area contributed by atoms with Gasteiger partial charge in [-0.15, -0.1) is 0 Å². The Hall–Kier alpha value is -2.01. The second-order valence-electron chi connectivity index (χ2n) is 4.50. The molecular weight excluding hydrogens is 242 g/mol. The Morgan fingerprint density at radius 2 is 2.16 bits per heavy atom. The molecule has 0 bridgehead atoms. The average molecular weight is 259 g/mol. The predicted octanol–water partition coefficient (Wildman–Crippen LogP) is 1.86. The monoisotopic (exact) mass is 259 g/mol. The van der Waals surface area contributed by atoms with Gasteiger partial charge in [-0.2, -0.15) is 5.10 Å². The number of benzene rings is 1. The van der Waals surface area contributed by atoms with Crippen LogP contribution >= 0.6 is 0 Å². The van der Waals surface area contributed by atoms with Gasteiger partial charge in [-0.1, -0.05) is 12.1 Å². The number of ether oxygens (including phenoxy) is 2. The molecule has 100 valence electrons. The fourth-order valence-corrected chi connectivity index (χ4v) is 2.11. The molecule has 0 saturated carbocycles. The normalized spacial score (nSPS) is 14.1. The van der Waals surface area contributed by atoms with Crippen molar-refractivity contribution in [3.8, 4) is 11.5 Å². The van der Waals surface area contributed by atoms with E-state index in [2.05, 4.69) is 21.6 Å². The molecule has 5 heteroatoms. The van der Waals surface area contributed by atoms with Crippen LogP contribution in [0.5, 0.6) is 11.5 Å². The molecule has 5 nitrogen and oxygen atoms in total. The lowest BCUT2D eigenvalue weighted by Gasteiger charge is -2.12. The van der Waals surface area contributed by atoms with E-state index in [1.165, 1.54) is 0 Å². The van der Waals surface area contributed by atoms with Gasteiger partial charge in [0, 0.05) is 36.8 Å². The number of aromatic amines is 1. The summed E-state index contributed by atoms with van der Waals surface area (Å²) in [7, 11) is 0. The quantitative estimate of drug-likeness (QED) is 0.880. The van der Waals surface area contributed by atoms with Gasteiger partial charge in [0.1, 0.15) is 0 Å². The minimum atomic E-state index is 0.714. The lowest BCUT2D eigenvalue weighted by Crippen LogP contribution is -2.13. The van der Waals surface area contributed by atoms with Crippen LogP contribution in [-0.4, -0.2) is 23.4 Å². The summed E-state index contributed by atoms with van der Waals surface area (Å²) in [5.74, 6) is 1.72. The largest absolute Gasteiger partial charge is 0.490 e. The van der Waals surface area contributed by atoms with Gasteiger partial charge in [-0.25, -0.2) is 0 Å². The number of rotatable bonds is 4. The summed E-state index contributed by atoms with van der Waals surface area (Å²) in [6, 6.07) is 6.03. The first-order valence-corrected chi connectivity index (χ1v) is 6.49. The number of para-hydroxylation sites is 1. The smallest absolute Gasteiger partial charge is 0.165 e. The van der Waals surface area contributed by atoms with Crippen LogP contribution in [0.1, 0.15) is 17.5 Å². The van der Waals surface area contributed by atoms with Crippen LogP contribution in [0.25, 0.3) is 0 Å². The number of nitrogens with zero attached hydrogens (tertiary/aromatic N) is 1. The molecule has 0 radical (unpaired) electrons. The Morgan fingerprint density at radius 3 is 3.05 bits per heavy atom. The molecule has 0 aliphatic carbocycles. The second-order valence-corrected chi connectivity index (χ2v) is 4.50. The van der Waals surface area contributed by atoms with Gasteiger partial charge >= 0.3 is 0 Å². The minimum Gasteiger partial charge on any atom is -0.490 e. The van der Waals surface area contributed by atoms with Crippen molar-refractivity contribution in [1.29, 1.82) is 0 Å². The Balaban J connectivity index is 1.67. The SMILES string of the molecule is c1cc(CNCc2cn[nH]c2)c2c(c1)OCCCO2. The molecule has 1 aromatic heterocycles. The van der Waals surface area contributed by atoms with Crippen molar-refractivity contribution in [3.63, 3.8) is 0 Å². The highest BCUT2D eigenvalue weighted by Gasteiger charge is 2.13. The van der Waals surface area contributed by atoms with Crippen molar-refractivity contribution < 1.29 is 9.47 Å². The summed E-state index contributed by atoms with van der Waals surface area (Å²) in [6.45, 7) is 2.96. The third-order valence-electron chi connectivity index (χ3n) is 3.05. The molecule has 1 aliphatic heterocycles. The molecule has 1 aliphatic rings. The van der Waals surface area contributed by atoms with Crippen molar-refractivity contribution in [2.45, 2.75) is 19.5 Å². The zero-order chi connectivity index (χ0) is 12.9. The molecule has 2 heterocycles.